The van der Waals surface area contributed by atoms with E-state index < -0.39 is 5.91 Å². The first-order chi connectivity index (χ1) is 13.0. The van der Waals surface area contributed by atoms with Crippen LogP contribution in [0.2, 0.25) is 0 Å². The Hall–Kier alpha value is -2.70. The molecule has 1 aliphatic rings. The van der Waals surface area contributed by atoms with Crippen LogP contribution in [0.4, 0.5) is 0 Å². The predicted octanol–water partition coefficient (Wildman–Crippen LogP) is 1.45. The van der Waals surface area contributed by atoms with Crippen molar-refractivity contribution in [3.63, 3.8) is 0 Å². The summed E-state index contributed by atoms with van der Waals surface area (Å²) in [6.07, 6.45) is 4.64. The average Bonchev–Trinajstić information content (AvgIpc) is 2.66. The molecule has 2 N–H and O–H groups in total. The smallest absolute Gasteiger partial charge is 0.261 e. The Morgan fingerprint density at radius 3 is 2.78 bits per heavy atom. The van der Waals surface area contributed by atoms with Crippen LogP contribution in [0.1, 0.15) is 33.1 Å². The number of amides is 2. The zero-order valence-electron chi connectivity index (χ0n) is 15.8. The van der Waals surface area contributed by atoms with E-state index in [-0.39, 0.29) is 30.6 Å². The molecule has 0 aliphatic heterocycles. The zero-order valence-corrected chi connectivity index (χ0v) is 15.8. The molecule has 1 fully saturated rings. The number of hydrogen-bond donors (Lipinski definition) is 2. The summed E-state index contributed by atoms with van der Waals surface area (Å²) in [5.41, 5.74) is 0.319. The molecule has 144 valence electrons. The van der Waals surface area contributed by atoms with Crippen LogP contribution in [0.3, 0.4) is 0 Å². The van der Waals surface area contributed by atoms with Gasteiger partial charge in [0.1, 0.15) is 6.54 Å². The summed E-state index contributed by atoms with van der Waals surface area (Å²) in [4.78, 5) is 40.9. The second kappa shape index (κ2) is 8.33. The van der Waals surface area contributed by atoms with Crippen molar-refractivity contribution in [2.24, 2.45) is 11.8 Å². The van der Waals surface area contributed by atoms with Crippen molar-refractivity contribution in [1.82, 2.24) is 20.2 Å². The molecule has 0 unspecified atom stereocenters. The number of aromatic nitrogens is 2. The lowest BCUT2D eigenvalue weighted by Crippen LogP contribution is -2.47. The highest BCUT2D eigenvalue weighted by molar-refractivity contribution is 5.85. The van der Waals surface area contributed by atoms with Gasteiger partial charge in [-0.1, -0.05) is 38.8 Å². The van der Waals surface area contributed by atoms with Crippen molar-refractivity contribution >= 4 is 22.7 Å². The maximum Gasteiger partial charge on any atom is 0.261 e. The van der Waals surface area contributed by atoms with Crippen LogP contribution in [0, 0.1) is 11.8 Å². The quantitative estimate of drug-likeness (QED) is 0.833. The largest absolute Gasteiger partial charge is 0.352 e. The summed E-state index contributed by atoms with van der Waals surface area (Å²) in [5, 5.41) is 6.07. The Bertz CT molecular complexity index is 892. The lowest BCUT2D eigenvalue weighted by molar-refractivity contribution is -0.127. The topological polar surface area (TPSA) is 93.1 Å². The third kappa shape index (κ3) is 4.53. The Balaban J connectivity index is 1.53. The highest BCUT2D eigenvalue weighted by atomic mass is 16.2. The van der Waals surface area contributed by atoms with Crippen LogP contribution in [-0.4, -0.2) is 34.0 Å². The molecule has 7 heteroatoms. The number of nitrogens with zero attached hydrogens (tertiary/aromatic N) is 2. The van der Waals surface area contributed by atoms with Crippen molar-refractivity contribution in [1.29, 1.82) is 0 Å². The fourth-order valence-electron chi connectivity index (χ4n) is 3.65. The van der Waals surface area contributed by atoms with Gasteiger partial charge in [0.05, 0.1) is 23.8 Å². The van der Waals surface area contributed by atoms with Gasteiger partial charge in [-0.15, -0.1) is 0 Å². The molecule has 2 aromatic rings. The number of nitrogens with one attached hydrogen (secondary N) is 2. The summed E-state index contributed by atoms with van der Waals surface area (Å²) in [7, 11) is 0. The molecule has 1 heterocycles. The molecular formula is C20H26N4O3. The number of carbonyl (C=O) groups excluding carboxylic acids is 2. The number of para-hydroxylation sites is 1. The van der Waals surface area contributed by atoms with Crippen molar-refractivity contribution in [3.8, 4) is 0 Å². The average molecular weight is 370 g/mol. The Kier molecular flexibility index (Phi) is 5.88. The van der Waals surface area contributed by atoms with Crippen LogP contribution < -0.4 is 16.2 Å². The van der Waals surface area contributed by atoms with E-state index in [2.05, 4.69) is 29.5 Å². The summed E-state index contributed by atoms with van der Waals surface area (Å²) in [6, 6.07) is 7.15. The van der Waals surface area contributed by atoms with Gasteiger partial charge in [0, 0.05) is 6.04 Å². The third-order valence-corrected chi connectivity index (χ3v) is 5.54. The molecule has 27 heavy (non-hydrogen) atoms. The molecular weight excluding hydrogens is 344 g/mol. The van der Waals surface area contributed by atoms with Crippen molar-refractivity contribution in [2.45, 2.75) is 45.7 Å². The highest BCUT2D eigenvalue weighted by Gasteiger charge is 2.28. The summed E-state index contributed by atoms with van der Waals surface area (Å²) in [6.45, 7) is 4.11. The van der Waals surface area contributed by atoms with Gasteiger partial charge in [0.25, 0.3) is 5.56 Å². The fourth-order valence-corrected chi connectivity index (χ4v) is 3.65. The maximum atomic E-state index is 12.4. The van der Waals surface area contributed by atoms with E-state index in [9.17, 15) is 14.4 Å². The van der Waals surface area contributed by atoms with Gasteiger partial charge in [0.15, 0.2) is 0 Å². The maximum absolute atomic E-state index is 12.4. The standard InChI is InChI=1S/C20H26N4O3/c1-13-6-5-9-16(14(13)2)23-18(25)10-21-19(26)11-24-12-22-17-8-4-3-7-15(17)20(24)27/h3-4,7-8,12-14,16H,5-6,9-11H2,1-2H3,(H,21,26)(H,23,25)/t13-,14-,16+/m1/s1. The monoisotopic (exact) mass is 370 g/mol. The molecule has 1 saturated carbocycles. The molecule has 1 aromatic carbocycles. The molecule has 1 aliphatic carbocycles. The van der Waals surface area contributed by atoms with Crippen molar-refractivity contribution < 1.29 is 9.59 Å². The number of carbonyl (C=O) groups is 2. The minimum Gasteiger partial charge on any atom is -0.352 e. The Morgan fingerprint density at radius 2 is 1.96 bits per heavy atom. The van der Waals surface area contributed by atoms with Gasteiger partial charge in [-0.05, 0) is 30.4 Å². The molecule has 0 radical (unpaired) electrons. The van der Waals surface area contributed by atoms with E-state index in [1.807, 2.05) is 0 Å². The van der Waals surface area contributed by atoms with E-state index in [1.54, 1.807) is 24.3 Å². The van der Waals surface area contributed by atoms with Crippen molar-refractivity contribution in [3.05, 3.63) is 40.9 Å². The van der Waals surface area contributed by atoms with Gasteiger partial charge in [-0.2, -0.15) is 0 Å². The molecule has 3 atom stereocenters. The summed E-state index contributed by atoms with van der Waals surface area (Å²) >= 11 is 0. The molecule has 2 amide bonds. The SMILES string of the molecule is C[C@@H]1[C@H](C)CCC[C@@H]1NC(=O)CNC(=O)Cn1cnc2ccccc2c1=O. The van der Waals surface area contributed by atoms with Gasteiger partial charge in [-0.3, -0.25) is 19.0 Å². The van der Waals surface area contributed by atoms with E-state index in [4.69, 9.17) is 0 Å². The molecule has 0 bridgehead atoms. The number of hydrogen-bond acceptors (Lipinski definition) is 4. The molecule has 3 rings (SSSR count). The Labute approximate surface area is 158 Å². The van der Waals surface area contributed by atoms with Crippen LogP contribution in [0.5, 0.6) is 0 Å². The number of benzene rings is 1. The van der Waals surface area contributed by atoms with Crippen molar-refractivity contribution in [2.75, 3.05) is 6.54 Å². The van der Waals surface area contributed by atoms with Crippen LogP contribution in [0.25, 0.3) is 10.9 Å². The van der Waals surface area contributed by atoms with Gasteiger partial charge in [0.2, 0.25) is 11.8 Å². The van der Waals surface area contributed by atoms with E-state index in [0.717, 1.165) is 12.8 Å². The first-order valence-electron chi connectivity index (χ1n) is 9.46. The molecule has 0 saturated heterocycles. The lowest BCUT2D eigenvalue weighted by Gasteiger charge is -2.34. The zero-order chi connectivity index (χ0) is 19.4. The fraction of sp³-hybridized carbons (Fsp3) is 0.500. The summed E-state index contributed by atoms with van der Waals surface area (Å²) in [5.74, 6) is 0.430. The third-order valence-electron chi connectivity index (χ3n) is 5.54. The second-order valence-corrected chi connectivity index (χ2v) is 7.41. The minimum atomic E-state index is -0.394. The van der Waals surface area contributed by atoms with E-state index in [0.29, 0.717) is 22.7 Å². The van der Waals surface area contributed by atoms with Gasteiger partial charge < -0.3 is 10.6 Å². The summed E-state index contributed by atoms with van der Waals surface area (Å²) < 4.78 is 1.25. The van der Waals surface area contributed by atoms with Gasteiger partial charge >= 0.3 is 0 Å². The first-order valence-corrected chi connectivity index (χ1v) is 9.46. The molecule has 0 spiro atoms. The van der Waals surface area contributed by atoms with E-state index >= 15 is 0 Å². The minimum absolute atomic E-state index is 0.0911. The van der Waals surface area contributed by atoms with Crippen LogP contribution in [0.15, 0.2) is 35.4 Å². The number of fused-ring (bicyclic) bond motifs is 1. The highest BCUT2D eigenvalue weighted by Crippen LogP contribution is 2.29. The molecule has 7 nitrogen and oxygen atoms in total. The van der Waals surface area contributed by atoms with E-state index in [1.165, 1.54) is 17.3 Å². The predicted molar refractivity (Wildman–Crippen MR) is 103 cm³/mol. The molecule has 1 aromatic heterocycles. The number of rotatable bonds is 5. The van der Waals surface area contributed by atoms with Crippen LogP contribution in [-0.2, 0) is 16.1 Å². The normalized spacial score (nSPS) is 22.4. The Morgan fingerprint density at radius 1 is 1.19 bits per heavy atom. The van der Waals surface area contributed by atoms with Gasteiger partial charge in [-0.25, -0.2) is 4.98 Å². The lowest BCUT2D eigenvalue weighted by atomic mass is 9.78. The second-order valence-electron chi connectivity index (χ2n) is 7.41. The first kappa shape index (κ1) is 19.1. The van der Waals surface area contributed by atoms with Crippen LogP contribution >= 0.6 is 0 Å².